The molecule has 0 amide bonds. The first-order valence-corrected chi connectivity index (χ1v) is 7.02. The molecule has 1 N–H and O–H groups in total. The van der Waals surface area contributed by atoms with Gasteiger partial charge in [-0.3, -0.25) is 4.90 Å². The highest BCUT2D eigenvalue weighted by Crippen LogP contribution is 2.13. The van der Waals surface area contributed by atoms with Gasteiger partial charge in [-0.1, -0.05) is 30.2 Å². The lowest BCUT2D eigenvalue weighted by Gasteiger charge is -2.29. The summed E-state index contributed by atoms with van der Waals surface area (Å²) in [5.74, 6) is 2.40. The third-order valence-corrected chi connectivity index (χ3v) is 3.31. The van der Waals surface area contributed by atoms with Crippen LogP contribution in [0.25, 0.3) is 0 Å². The zero-order valence-corrected chi connectivity index (χ0v) is 12.7. The molecule has 1 atom stereocenters. The lowest BCUT2D eigenvalue weighted by Crippen LogP contribution is -2.39. The summed E-state index contributed by atoms with van der Waals surface area (Å²) in [5, 5.41) is 10.0. The smallest absolute Gasteiger partial charge is 0.107 e. The van der Waals surface area contributed by atoms with Crippen molar-refractivity contribution in [3.63, 3.8) is 0 Å². The van der Waals surface area contributed by atoms with Gasteiger partial charge in [0.1, 0.15) is 6.61 Å². The molecule has 0 bridgehead atoms. The molecule has 0 saturated heterocycles. The first-order chi connectivity index (χ1) is 9.54. The van der Waals surface area contributed by atoms with Crippen LogP contribution in [0.4, 0.5) is 0 Å². The number of aryl methyl sites for hydroxylation is 1. The Bertz CT molecular complexity index is 437. The summed E-state index contributed by atoms with van der Waals surface area (Å²) in [6, 6.07) is 8.69. The van der Waals surface area contributed by atoms with E-state index in [0.29, 0.717) is 12.6 Å². The Morgan fingerprint density at radius 1 is 1.35 bits per heavy atom. The van der Waals surface area contributed by atoms with Crippen molar-refractivity contribution in [3.8, 4) is 12.3 Å². The second-order valence-electron chi connectivity index (χ2n) is 5.32. The maximum absolute atomic E-state index is 10.0. The lowest BCUT2D eigenvalue weighted by molar-refractivity contribution is 0.0191. The lowest BCUT2D eigenvalue weighted by atomic mass is 10.1. The third-order valence-electron chi connectivity index (χ3n) is 3.31. The molecular weight excluding hydrogens is 250 g/mol. The molecule has 3 nitrogen and oxygen atoms in total. The maximum atomic E-state index is 10.0. The minimum atomic E-state index is -0.519. The fourth-order valence-corrected chi connectivity index (χ4v) is 2.04. The van der Waals surface area contributed by atoms with E-state index in [-0.39, 0.29) is 13.2 Å². The van der Waals surface area contributed by atoms with Gasteiger partial charge in [-0.15, -0.1) is 6.42 Å². The van der Waals surface area contributed by atoms with Crippen molar-refractivity contribution >= 4 is 0 Å². The molecule has 3 heteroatoms. The Morgan fingerprint density at radius 3 is 2.65 bits per heavy atom. The van der Waals surface area contributed by atoms with Crippen LogP contribution in [0.1, 0.15) is 25.0 Å². The highest BCUT2D eigenvalue weighted by Gasteiger charge is 2.16. The van der Waals surface area contributed by atoms with Gasteiger partial charge in [-0.05, 0) is 31.9 Å². The predicted octanol–water partition coefficient (Wildman–Crippen LogP) is 2.22. The van der Waals surface area contributed by atoms with Crippen LogP contribution in [-0.4, -0.2) is 41.9 Å². The van der Waals surface area contributed by atoms with Crippen LogP contribution in [0.3, 0.4) is 0 Å². The van der Waals surface area contributed by atoms with E-state index in [1.165, 1.54) is 11.1 Å². The minimum absolute atomic E-state index is 0.247. The van der Waals surface area contributed by atoms with Gasteiger partial charge in [-0.25, -0.2) is 0 Å². The molecule has 1 aromatic carbocycles. The number of hydrogen-bond acceptors (Lipinski definition) is 3. The molecule has 0 aliphatic carbocycles. The van der Waals surface area contributed by atoms with E-state index in [9.17, 15) is 5.11 Å². The topological polar surface area (TPSA) is 32.7 Å². The van der Waals surface area contributed by atoms with E-state index in [2.05, 4.69) is 43.7 Å². The Hall–Kier alpha value is -1.34. The van der Waals surface area contributed by atoms with Crippen molar-refractivity contribution in [2.45, 2.75) is 39.5 Å². The van der Waals surface area contributed by atoms with Crippen LogP contribution < -0.4 is 0 Å². The molecule has 0 saturated carbocycles. The van der Waals surface area contributed by atoms with Gasteiger partial charge in [0.2, 0.25) is 0 Å². The van der Waals surface area contributed by atoms with Crippen molar-refractivity contribution in [2.75, 3.05) is 19.8 Å². The molecule has 0 heterocycles. The summed E-state index contributed by atoms with van der Waals surface area (Å²) in [4.78, 5) is 2.24. The first-order valence-electron chi connectivity index (χ1n) is 7.02. The number of aliphatic hydroxyl groups excluding tert-OH is 1. The van der Waals surface area contributed by atoms with Gasteiger partial charge in [0, 0.05) is 19.1 Å². The fraction of sp³-hybridized carbons (Fsp3) is 0.529. The number of aliphatic hydroxyl groups is 1. The molecule has 20 heavy (non-hydrogen) atoms. The van der Waals surface area contributed by atoms with E-state index in [1.807, 2.05) is 12.1 Å². The zero-order chi connectivity index (χ0) is 15.0. The largest absolute Gasteiger partial charge is 0.389 e. The van der Waals surface area contributed by atoms with Gasteiger partial charge in [-0.2, -0.15) is 0 Å². The van der Waals surface area contributed by atoms with E-state index in [1.54, 1.807) is 0 Å². The van der Waals surface area contributed by atoms with Crippen LogP contribution in [0.5, 0.6) is 0 Å². The van der Waals surface area contributed by atoms with Crippen LogP contribution in [0.15, 0.2) is 24.3 Å². The Labute approximate surface area is 122 Å². The van der Waals surface area contributed by atoms with Crippen molar-refractivity contribution in [2.24, 2.45) is 0 Å². The predicted molar refractivity (Wildman–Crippen MR) is 82.4 cm³/mol. The molecule has 0 aliphatic heterocycles. The normalized spacial score (nSPS) is 12.7. The first kappa shape index (κ1) is 16.7. The number of rotatable bonds is 8. The molecule has 1 aromatic rings. The second-order valence-corrected chi connectivity index (χ2v) is 5.32. The Balaban J connectivity index is 2.57. The number of nitrogens with zero attached hydrogens (tertiary/aromatic N) is 1. The van der Waals surface area contributed by atoms with Gasteiger partial charge < -0.3 is 9.84 Å². The molecule has 0 aliphatic rings. The number of ether oxygens (including phenoxy) is 1. The van der Waals surface area contributed by atoms with E-state index in [4.69, 9.17) is 11.2 Å². The molecule has 0 spiro atoms. The monoisotopic (exact) mass is 275 g/mol. The molecule has 1 rings (SSSR count). The number of hydrogen-bond donors (Lipinski definition) is 1. The van der Waals surface area contributed by atoms with Crippen LogP contribution >= 0.6 is 0 Å². The van der Waals surface area contributed by atoms with Gasteiger partial charge in [0.15, 0.2) is 0 Å². The van der Waals surface area contributed by atoms with Gasteiger partial charge in [0.05, 0.1) is 12.7 Å². The molecule has 0 radical (unpaired) electrons. The quantitative estimate of drug-likeness (QED) is 0.583. The van der Waals surface area contributed by atoms with Crippen LogP contribution in [-0.2, 0) is 11.3 Å². The summed E-state index contributed by atoms with van der Waals surface area (Å²) in [7, 11) is 0. The number of benzene rings is 1. The van der Waals surface area contributed by atoms with Crippen molar-refractivity contribution in [1.29, 1.82) is 0 Å². The SMILES string of the molecule is C#CCOCC(O)CN(Cc1ccccc1C)C(C)C. The van der Waals surface area contributed by atoms with E-state index < -0.39 is 6.10 Å². The molecule has 1 unspecified atom stereocenters. The second kappa shape index (κ2) is 8.76. The summed E-state index contributed by atoms with van der Waals surface area (Å²) in [5.41, 5.74) is 2.56. The van der Waals surface area contributed by atoms with Gasteiger partial charge >= 0.3 is 0 Å². The average molecular weight is 275 g/mol. The van der Waals surface area contributed by atoms with Crippen molar-refractivity contribution < 1.29 is 9.84 Å². The van der Waals surface area contributed by atoms with Crippen LogP contribution in [0, 0.1) is 19.3 Å². The fourth-order valence-electron chi connectivity index (χ4n) is 2.04. The number of terminal acetylenes is 1. The van der Waals surface area contributed by atoms with Crippen LogP contribution in [0.2, 0.25) is 0 Å². The highest BCUT2D eigenvalue weighted by molar-refractivity contribution is 5.25. The summed E-state index contributed by atoms with van der Waals surface area (Å²) in [6.45, 7) is 8.31. The minimum Gasteiger partial charge on any atom is -0.389 e. The standard InChI is InChI=1S/C17H25NO2/c1-5-10-20-13-17(19)12-18(14(2)3)11-16-9-7-6-8-15(16)4/h1,6-9,14,17,19H,10-13H2,2-4H3. The highest BCUT2D eigenvalue weighted by atomic mass is 16.5. The average Bonchev–Trinajstić information content (AvgIpc) is 2.40. The molecular formula is C17H25NO2. The maximum Gasteiger partial charge on any atom is 0.107 e. The van der Waals surface area contributed by atoms with E-state index in [0.717, 1.165) is 6.54 Å². The van der Waals surface area contributed by atoms with E-state index >= 15 is 0 Å². The zero-order valence-electron chi connectivity index (χ0n) is 12.7. The Morgan fingerprint density at radius 2 is 2.05 bits per heavy atom. The van der Waals surface area contributed by atoms with Crippen molar-refractivity contribution in [3.05, 3.63) is 35.4 Å². The summed E-state index contributed by atoms with van der Waals surface area (Å²) in [6.07, 6.45) is 4.60. The molecule has 110 valence electrons. The Kier molecular flexibility index (Phi) is 7.32. The van der Waals surface area contributed by atoms with Gasteiger partial charge in [0.25, 0.3) is 0 Å². The van der Waals surface area contributed by atoms with Crippen molar-refractivity contribution in [1.82, 2.24) is 4.90 Å². The molecule has 0 fully saturated rings. The summed E-state index contributed by atoms with van der Waals surface area (Å²) < 4.78 is 5.19. The molecule has 0 aromatic heterocycles. The third kappa shape index (κ3) is 5.75. The summed E-state index contributed by atoms with van der Waals surface area (Å²) >= 11 is 0.